The second kappa shape index (κ2) is 7.09. The summed E-state index contributed by atoms with van der Waals surface area (Å²) >= 11 is 5.78. The number of para-hydroxylation sites is 1. The van der Waals surface area contributed by atoms with Crippen LogP contribution in [0.4, 0.5) is 4.39 Å². The summed E-state index contributed by atoms with van der Waals surface area (Å²) in [5, 5.41) is 9.83. The first-order chi connectivity index (χ1) is 10.1. The summed E-state index contributed by atoms with van der Waals surface area (Å²) in [6.07, 6.45) is 0.241. The zero-order chi connectivity index (χ0) is 15.2. The molecule has 0 heterocycles. The van der Waals surface area contributed by atoms with Gasteiger partial charge >= 0.3 is 5.97 Å². The molecule has 2 rings (SSSR count). The maximum Gasteiger partial charge on any atom is 0.311 e. The highest BCUT2D eigenvalue weighted by Gasteiger charge is 2.20. The van der Waals surface area contributed by atoms with Gasteiger partial charge in [-0.1, -0.05) is 35.9 Å². The number of hydrogen-bond donors (Lipinski definition) is 1. The standard InChI is InChI=1S/C16H14ClFO3/c17-12-7-5-11(6-8-12)13(16(19)20)9-10-21-15-4-2-1-3-14(15)18/h1-8,13H,9-10H2,(H,19,20). The molecule has 0 aliphatic carbocycles. The van der Waals surface area contributed by atoms with Crippen LogP contribution >= 0.6 is 11.6 Å². The first-order valence-corrected chi connectivity index (χ1v) is 6.81. The van der Waals surface area contributed by atoms with Crippen LogP contribution < -0.4 is 4.74 Å². The van der Waals surface area contributed by atoms with Gasteiger partial charge in [-0.2, -0.15) is 0 Å². The molecule has 3 nitrogen and oxygen atoms in total. The number of halogens is 2. The van der Waals surface area contributed by atoms with E-state index < -0.39 is 17.7 Å². The van der Waals surface area contributed by atoms with Gasteiger partial charge in [-0.3, -0.25) is 4.79 Å². The lowest BCUT2D eigenvalue weighted by Gasteiger charge is -2.14. The van der Waals surface area contributed by atoms with Gasteiger partial charge in [0.1, 0.15) is 0 Å². The monoisotopic (exact) mass is 308 g/mol. The molecule has 1 N–H and O–H groups in total. The normalized spacial score (nSPS) is 11.9. The van der Waals surface area contributed by atoms with Gasteiger partial charge in [-0.25, -0.2) is 4.39 Å². The molecule has 21 heavy (non-hydrogen) atoms. The number of benzene rings is 2. The fourth-order valence-electron chi connectivity index (χ4n) is 1.98. The van der Waals surface area contributed by atoms with E-state index in [1.807, 2.05) is 0 Å². The molecule has 0 spiro atoms. The molecule has 0 radical (unpaired) electrons. The molecule has 2 aromatic carbocycles. The van der Waals surface area contributed by atoms with Crippen LogP contribution in [0.2, 0.25) is 5.02 Å². The summed E-state index contributed by atoms with van der Waals surface area (Å²) in [7, 11) is 0. The molecule has 0 aromatic heterocycles. The first-order valence-electron chi connectivity index (χ1n) is 6.43. The summed E-state index contributed by atoms with van der Waals surface area (Å²) in [6, 6.07) is 12.7. The Labute approximate surface area is 126 Å². The first kappa shape index (κ1) is 15.3. The number of carbonyl (C=O) groups is 1. The van der Waals surface area contributed by atoms with Gasteiger partial charge in [0, 0.05) is 5.02 Å². The van der Waals surface area contributed by atoms with E-state index in [0.29, 0.717) is 10.6 Å². The second-order valence-electron chi connectivity index (χ2n) is 4.51. The molecular formula is C16H14ClFO3. The number of rotatable bonds is 6. The Kier molecular flexibility index (Phi) is 5.17. The van der Waals surface area contributed by atoms with Crippen molar-refractivity contribution in [2.24, 2.45) is 0 Å². The fourth-order valence-corrected chi connectivity index (χ4v) is 2.10. The molecule has 0 fully saturated rings. The number of hydrogen-bond acceptors (Lipinski definition) is 2. The third-order valence-corrected chi connectivity index (χ3v) is 3.32. The van der Waals surface area contributed by atoms with E-state index in [1.165, 1.54) is 12.1 Å². The smallest absolute Gasteiger partial charge is 0.311 e. The molecule has 1 atom stereocenters. The molecule has 2 aromatic rings. The van der Waals surface area contributed by atoms with Crippen LogP contribution in [-0.2, 0) is 4.79 Å². The predicted octanol–water partition coefficient (Wildman–Crippen LogP) is 4.12. The third-order valence-electron chi connectivity index (χ3n) is 3.07. The van der Waals surface area contributed by atoms with Crippen LogP contribution in [0.3, 0.4) is 0 Å². The second-order valence-corrected chi connectivity index (χ2v) is 4.95. The highest BCUT2D eigenvalue weighted by atomic mass is 35.5. The topological polar surface area (TPSA) is 46.5 Å². The van der Waals surface area contributed by atoms with Crippen molar-refractivity contribution in [3.05, 3.63) is 64.9 Å². The fraction of sp³-hybridized carbons (Fsp3) is 0.188. The summed E-state index contributed by atoms with van der Waals surface area (Å²) in [6.45, 7) is 0.112. The van der Waals surface area contributed by atoms with Crippen molar-refractivity contribution in [1.82, 2.24) is 0 Å². The minimum atomic E-state index is -0.950. The molecule has 0 aliphatic rings. The van der Waals surface area contributed by atoms with E-state index in [0.717, 1.165) is 0 Å². The quantitative estimate of drug-likeness (QED) is 0.873. The van der Waals surface area contributed by atoms with Crippen molar-refractivity contribution in [3.8, 4) is 5.75 Å². The number of aliphatic carboxylic acids is 1. The minimum Gasteiger partial charge on any atom is -0.490 e. The summed E-state index contributed by atoms with van der Waals surface area (Å²) < 4.78 is 18.7. The number of carboxylic acids is 1. The third kappa shape index (κ3) is 4.20. The maximum atomic E-state index is 13.4. The average Bonchev–Trinajstić information content (AvgIpc) is 2.46. The van der Waals surface area contributed by atoms with Crippen molar-refractivity contribution in [3.63, 3.8) is 0 Å². The van der Waals surface area contributed by atoms with E-state index in [9.17, 15) is 14.3 Å². The Morgan fingerprint density at radius 3 is 2.48 bits per heavy atom. The van der Waals surface area contributed by atoms with Crippen LogP contribution in [0.1, 0.15) is 17.9 Å². The summed E-state index contributed by atoms with van der Waals surface area (Å²) in [4.78, 5) is 11.3. The Morgan fingerprint density at radius 2 is 1.86 bits per heavy atom. The van der Waals surface area contributed by atoms with Gasteiger partial charge < -0.3 is 9.84 Å². The van der Waals surface area contributed by atoms with Crippen LogP contribution in [-0.4, -0.2) is 17.7 Å². The lowest BCUT2D eigenvalue weighted by Crippen LogP contribution is -2.15. The van der Waals surface area contributed by atoms with E-state index in [4.69, 9.17) is 16.3 Å². The lowest BCUT2D eigenvalue weighted by atomic mass is 9.96. The number of ether oxygens (including phenoxy) is 1. The molecule has 110 valence electrons. The van der Waals surface area contributed by atoms with Gasteiger partial charge in [-0.05, 0) is 36.2 Å². The molecule has 5 heteroatoms. The highest BCUT2D eigenvalue weighted by Crippen LogP contribution is 2.23. The lowest BCUT2D eigenvalue weighted by molar-refractivity contribution is -0.139. The van der Waals surface area contributed by atoms with Crippen LogP contribution in [0.5, 0.6) is 5.75 Å². The maximum absolute atomic E-state index is 13.4. The van der Waals surface area contributed by atoms with E-state index in [2.05, 4.69) is 0 Å². The minimum absolute atomic E-state index is 0.112. The largest absolute Gasteiger partial charge is 0.490 e. The summed E-state index contributed by atoms with van der Waals surface area (Å²) in [5.41, 5.74) is 0.643. The molecular weight excluding hydrogens is 295 g/mol. The molecule has 0 amide bonds. The van der Waals surface area contributed by atoms with Crippen LogP contribution in [0, 0.1) is 5.82 Å². The van der Waals surface area contributed by atoms with Crippen molar-refractivity contribution < 1.29 is 19.0 Å². The van der Waals surface area contributed by atoms with E-state index in [-0.39, 0.29) is 18.8 Å². The zero-order valence-electron chi connectivity index (χ0n) is 11.1. The molecule has 0 aliphatic heterocycles. The van der Waals surface area contributed by atoms with E-state index >= 15 is 0 Å². The molecule has 0 saturated heterocycles. The summed E-state index contributed by atoms with van der Waals surface area (Å²) in [5.74, 6) is -2.00. The van der Waals surface area contributed by atoms with Gasteiger partial charge in [0.05, 0.1) is 12.5 Å². The Morgan fingerprint density at radius 1 is 1.19 bits per heavy atom. The molecule has 0 saturated carbocycles. The van der Waals surface area contributed by atoms with Crippen LogP contribution in [0.25, 0.3) is 0 Å². The molecule has 0 bridgehead atoms. The predicted molar refractivity (Wildman–Crippen MR) is 78.3 cm³/mol. The SMILES string of the molecule is O=C(O)C(CCOc1ccccc1F)c1ccc(Cl)cc1. The van der Waals surface area contributed by atoms with Gasteiger partial charge in [0.25, 0.3) is 0 Å². The number of carboxylic acid groups (broad SMARTS) is 1. The Bertz CT molecular complexity index is 613. The van der Waals surface area contributed by atoms with Crippen molar-refractivity contribution >= 4 is 17.6 Å². The average molecular weight is 309 g/mol. The van der Waals surface area contributed by atoms with Crippen molar-refractivity contribution in [2.45, 2.75) is 12.3 Å². The molecule has 1 unspecified atom stereocenters. The zero-order valence-corrected chi connectivity index (χ0v) is 11.9. The van der Waals surface area contributed by atoms with Crippen molar-refractivity contribution in [1.29, 1.82) is 0 Å². The van der Waals surface area contributed by atoms with Crippen LogP contribution in [0.15, 0.2) is 48.5 Å². The van der Waals surface area contributed by atoms with E-state index in [1.54, 1.807) is 36.4 Å². The van der Waals surface area contributed by atoms with Gasteiger partial charge in [0.15, 0.2) is 11.6 Å². The Balaban J connectivity index is 2.00. The Hall–Kier alpha value is -2.07. The van der Waals surface area contributed by atoms with Gasteiger partial charge in [-0.15, -0.1) is 0 Å². The van der Waals surface area contributed by atoms with Crippen molar-refractivity contribution in [2.75, 3.05) is 6.61 Å². The highest BCUT2D eigenvalue weighted by molar-refractivity contribution is 6.30. The van der Waals surface area contributed by atoms with Gasteiger partial charge in [0.2, 0.25) is 0 Å².